The van der Waals surface area contributed by atoms with E-state index in [0.29, 0.717) is 18.7 Å². The Labute approximate surface area is 184 Å². The highest BCUT2D eigenvalue weighted by Crippen LogP contribution is 2.30. The number of likely N-dealkylation sites (tertiary alicyclic amines) is 1. The summed E-state index contributed by atoms with van der Waals surface area (Å²) in [6, 6.07) is 11.8. The average molecular weight is 432 g/mol. The summed E-state index contributed by atoms with van der Waals surface area (Å²) in [5, 5.41) is 5.18. The average Bonchev–Trinajstić information content (AvgIpc) is 2.78. The van der Waals surface area contributed by atoms with E-state index in [4.69, 9.17) is 4.74 Å². The maximum atomic E-state index is 13.2. The Morgan fingerprint density at radius 1 is 1.03 bits per heavy atom. The van der Waals surface area contributed by atoms with Gasteiger partial charge in [-0.1, -0.05) is 24.3 Å². The van der Waals surface area contributed by atoms with Crippen LogP contribution in [-0.4, -0.2) is 67.5 Å². The van der Waals surface area contributed by atoms with Crippen molar-refractivity contribution >= 4 is 35.0 Å². The molecule has 0 saturated carbocycles. The quantitative estimate of drug-likeness (QED) is 0.811. The molecular weight excluding hydrogens is 402 g/mol. The number of methoxy groups -OCH3 is 1. The van der Waals surface area contributed by atoms with Gasteiger partial charge in [0.15, 0.2) is 0 Å². The summed E-state index contributed by atoms with van der Waals surface area (Å²) >= 11 is 0. The van der Waals surface area contributed by atoms with Gasteiger partial charge in [-0.05, 0) is 37.3 Å². The second-order valence-electron chi connectivity index (χ2n) is 8.01. The largest absolute Gasteiger partial charge is 0.496 e. The van der Waals surface area contributed by atoms with E-state index in [2.05, 4.69) is 12.2 Å². The standard InChI is InChI=1S/C23H29N3O3.ClH/c1-16-15-24-11-14-26(16)22(27)17-9-12-25(13-10-17)23(28)20-7-8-21(29-2)19-6-4-3-5-18(19)20;/h3-8,16-17,24H,9-15H2,1-2H3;1H/t16-;/m0./s1. The molecule has 0 radical (unpaired) electrons. The van der Waals surface area contributed by atoms with E-state index >= 15 is 0 Å². The van der Waals surface area contributed by atoms with E-state index in [-0.39, 0.29) is 36.2 Å². The molecule has 2 aliphatic heterocycles. The van der Waals surface area contributed by atoms with Crippen molar-refractivity contribution in [2.45, 2.75) is 25.8 Å². The molecule has 0 unspecified atom stereocenters. The fraction of sp³-hybridized carbons (Fsp3) is 0.478. The first-order valence-electron chi connectivity index (χ1n) is 10.5. The zero-order valence-corrected chi connectivity index (χ0v) is 18.4. The van der Waals surface area contributed by atoms with E-state index < -0.39 is 0 Å². The lowest BCUT2D eigenvalue weighted by Gasteiger charge is -2.39. The van der Waals surface area contributed by atoms with Crippen molar-refractivity contribution in [3.8, 4) is 5.75 Å². The summed E-state index contributed by atoms with van der Waals surface area (Å²) in [5.41, 5.74) is 0.696. The fourth-order valence-corrected chi connectivity index (χ4v) is 4.54. The molecular formula is C23H30ClN3O3. The van der Waals surface area contributed by atoms with Crippen LogP contribution in [0.5, 0.6) is 5.75 Å². The van der Waals surface area contributed by atoms with Gasteiger partial charge in [-0.3, -0.25) is 9.59 Å². The number of piperazine rings is 1. The predicted molar refractivity (Wildman–Crippen MR) is 120 cm³/mol. The third-order valence-electron chi connectivity index (χ3n) is 6.25. The minimum Gasteiger partial charge on any atom is -0.496 e. The smallest absolute Gasteiger partial charge is 0.254 e. The van der Waals surface area contributed by atoms with Crippen molar-refractivity contribution in [3.05, 3.63) is 42.0 Å². The molecule has 1 atom stereocenters. The lowest BCUT2D eigenvalue weighted by Crippen LogP contribution is -2.55. The third-order valence-corrected chi connectivity index (χ3v) is 6.25. The highest BCUT2D eigenvalue weighted by molar-refractivity contribution is 6.08. The van der Waals surface area contributed by atoms with Gasteiger partial charge in [-0.2, -0.15) is 0 Å². The first-order chi connectivity index (χ1) is 14.1. The van der Waals surface area contributed by atoms with Gasteiger partial charge in [0, 0.05) is 55.6 Å². The van der Waals surface area contributed by atoms with Crippen LogP contribution in [0.25, 0.3) is 10.8 Å². The molecule has 0 aromatic heterocycles. The molecule has 2 aromatic carbocycles. The summed E-state index contributed by atoms with van der Waals surface area (Å²) in [6.45, 7) is 5.83. The first-order valence-corrected chi connectivity index (χ1v) is 10.5. The van der Waals surface area contributed by atoms with Gasteiger partial charge in [0.05, 0.1) is 7.11 Å². The molecule has 7 heteroatoms. The van der Waals surface area contributed by atoms with E-state index in [1.807, 2.05) is 46.2 Å². The fourth-order valence-electron chi connectivity index (χ4n) is 4.54. The van der Waals surface area contributed by atoms with E-state index in [9.17, 15) is 9.59 Å². The number of nitrogens with zero attached hydrogens (tertiary/aromatic N) is 2. The Bertz CT molecular complexity index is 912. The topological polar surface area (TPSA) is 61.9 Å². The van der Waals surface area contributed by atoms with Crippen molar-refractivity contribution in [2.75, 3.05) is 39.8 Å². The number of halogens is 1. The summed E-state index contributed by atoms with van der Waals surface area (Å²) in [5.74, 6) is 1.07. The molecule has 0 aliphatic carbocycles. The van der Waals surface area contributed by atoms with E-state index in [1.165, 1.54) is 0 Å². The van der Waals surface area contributed by atoms with Crippen LogP contribution in [0, 0.1) is 5.92 Å². The molecule has 2 amide bonds. The first kappa shape index (κ1) is 22.4. The summed E-state index contributed by atoms with van der Waals surface area (Å²) in [7, 11) is 1.64. The maximum absolute atomic E-state index is 13.2. The molecule has 0 spiro atoms. The van der Waals surface area contributed by atoms with Gasteiger partial charge in [-0.15, -0.1) is 12.4 Å². The highest BCUT2D eigenvalue weighted by atomic mass is 35.5. The Morgan fingerprint density at radius 2 is 1.73 bits per heavy atom. The van der Waals surface area contributed by atoms with Crippen molar-refractivity contribution in [2.24, 2.45) is 5.92 Å². The van der Waals surface area contributed by atoms with Crippen molar-refractivity contribution < 1.29 is 14.3 Å². The predicted octanol–water partition coefficient (Wildman–Crippen LogP) is 2.94. The molecule has 30 heavy (non-hydrogen) atoms. The normalized spacial score (nSPS) is 20.0. The van der Waals surface area contributed by atoms with Crippen LogP contribution in [0.4, 0.5) is 0 Å². The number of nitrogens with one attached hydrogen (secondary N) is 1. The molecule has 2 saturated heterocycles. The number of rotatable bonds is 3. The monoisotopic (exact) mass is 431 g/mol. The molecule has 1 N–H and O–H groups in total. The highest BCUT2D eigenvalue weighted by Gasteiger charge is 2.33. The molecule has 6 nitrogen and oxygen atoms in total. The second kappa shape index (κ2) is 9.67. The third kappa shape index (κ3) is 4.25. The minimum absolute atomic E-state index is 0. The number of ether oxygens (including phenoxy) is 1. The van der Waals surface area contributed by atoms with Gasteiger partial charge < -0.3 is 19.9 Å². The Morgan fingerprint density at radius 3 is 2.40 bits per heavy atom. The number of benzene rings is 2. The zero-order valence-electron chi connectivity index (χ0n) is 17.6. The number of carbonyl (C=O) groups is 2. The number of fused-ring (bicyclic) bond motifs is 1. The number of hydrogen-bond acceptors (Lipinski definition) is 4. The zero-order chi connectivity index (χ0) is 20.4. The Hall–Kier alpha value is -2.31. The van der Waals surface area contributed by atoms with Gasteiger partial charge in [-0.25, -0.2) is 0 Å². The summed E-state index contributed by atoms with van der Waals surface area (Å²) < 4.78 is 5.44. The number of hydrogen-bond donors (Lipinski definition) is 1. The van der Waals surface area contributed by atoms with Gasteiger partial charge in [0.1, 0.15) is 5.75 Å². The van der Waals surface area contributed by atoms with Crippen LogP contribution in [0.1, 0.15) is 30.1 Å². The second-order valence-corrected chi connectivity index (χ2v) is 8.01. The van der Waals surface area contributed by atoms with Gasteiger partial charge in [0.2, 0.25) is 5.91 Å². The lowest BCUT2D eigenvalue weighted by atomic mass is 9.93. The molecule has 2 aromatic rings. The Kier molecular flexibility index (Phi) is 7.21. The van der Waals surface area contributed by atoms with Crippen LogP contribution in [0.2, 0.25) is 0 Å². The van der Waals surface area contributed by atoms with Crippen LogP contribution < -0.4 is 10.1 Å². The van der Waals surface area contributed by atoms with Crippen molar-refractivity contribution in [3.63, 3.8) is 0 Å². The number of amides is 2. The minimum atomic E-state index is 0. The molecule has 0 bridgehead atoms. The molecule has 2 fully saturated rings. The SMILES string of the molecule is COc1ccc(C(=O)N2CCC(C(=O)N3CCNC[C@@H]3C)CC2)c2ccccc12.Cl. The van der Waals surface area contributed by atoms with Crippen LogP contribution in [-0.2, 0) is 4.79 Å². The molecule has 2 aliphatic rings. The lowest BCUT2D eigenvalue weighted by molar-refractivity contribution is -0.139. The number of piperidine rings is 1. The van der Waals surface area contributed by atoms with Crippen molar-refractivity contribution in [1.82, 2.24) is 15.1 Å². The van der Waals surface area contributed by atoms with E-state index in [0.717, 1.165) is 49.0 Å². The summed E-state index contributed by atoms with van der Waals surface area (Å²) in [6.07, 6.45) is 1.46. The molecule has 162 valence electrons. The summed E-state index contributed by atoms with van der Waals surface area (Å²) in [4.78, 5) is 30.1. The molecule has 2 heterocycles. The van der Waals surface area contributed by atoms with Gasteiger partial charge >= 0.3 is 0 Å². The maximum Gasteiger partial charge on any atom is 0.254 e. The van der Waals surface area contributed by atoms with Crippen LogP contribution in [0.15, 0.2) is 36.4 Å². The number of carbonyl (C=O) groups excluding carboxylic acids is 2. The van der Waals surface area contributed by atoms with Crippen LogP contribution >= 0.6 is 12.4 Å². The molecule has 4 rings (SSSR count). The van der Waals surface area contributed by atoms with E-state index in [1.54, 1.807) is 7.11 Å². The van der Waals surface area contributed by atoms with Crippen LogP contribution in [0.3, 0.4) is 0 Å². The van der Waals surface area contributed by atoms with Gasteiger partial charge in [0.25, 0.3) is 5.91 Å². The van der Waals surface area contributed by atoms with Crippen molar-refractivity contribution in [1.29, 1.82) is 0 Å². The Balaban J connectivity index is 0.00000256.